The van der Waals surface area contributed by atoms with Gasteiger partial charge in [-0.1, -0.05) is 0 Å². The van der Waals surface area contributed by atoms with Gasteiger partial charge in [0.2, 0.25) is 5.91 Å². The van der Waals surface area contributed by atoms with Crippen molar-refractivity contribution in [1.82, 2.24) is 14.7 Å². The first-order chi connectivity index (χ1) is 13.1. The third kappa shape index (κ3) is 3.35. The highest BCUT2D eigenvalue weighted by atomic mass is 32.1. The number of carbonyl (C=O) groups excluding carboxylic acids is 1. The smallest absolute Gasteiger partial charge is 0.230 e. The summed E-state index contributed by atoms with van der Waals surface area (Å²) in [5.74, 6) is 0.427. The van der Waals surface area contributed by atoms with Crippen LogP contribution >= 0.6 is 11.3 Å². The van der Waals surface area contributed by atoms with E-state index in [2.05, 4.69) is 38.4 Å². The Balaban J connectivity index is 1.51. The maximum absolute atomic E-state index is 13.4. The second-order valence-electron chi connectivity index (χ2n) is 8.61. The molecular formula is C21H33N3O2S. The highest BCUT2D eigenvalue weighted by molar-refractivity contribution is 7.07. The van der Waals surface area contributed by atoms with Crippen molar-refractivity contribution in [3.63, 3.8) is 0 Å². The summed E-state index contributed by atoms with van der Waals surface area (Å²) in [7, 11) is 1.77. The molecule has 0 aromatic carbocycles. The van der Waals surface area contributed by atoms with Gasteiger partial charge in [0.25, 0.3) is 0 Å². The summed E-state index contributed by atoms with van der Waals surface area (Å²) in [5.41, 5.74) is 1.41. The molecule has 0 unspecified atom stereocenters. The van der Waals surface area contributed by atoms with Crippen LogP contribution in [-0.4, -0.2) is 80.1 Å². The second-order valence-corrected chi connectivity index (χ2v) is 9.39. The molecule has 1 aromatic rings. The van der Waals surface area contributed by atoms with Crippen molar-refractivity contribution in [1.29, 1.82) is 0 Å². The fourth-order valence-corrected chi connectivity index (χ4v) is 6.42. The molecule has 3 aliphatic heterocycles. The van der Waals surface area contributed by atoms with Crippen LogP contribution in [0.15, 0.2) is 16.8 Å². The molecule has 5 nitrogen and oxygen atoms in total. The molecule has 1 amide bonds. The van der Waals surface area contributed by atoms with Crippen LogP contribution in [0.4, 0.5) is 0 Å². The third-order valence-corrected chi connectivity index (χ3v) is 8.06. The normalized spacial score (nSPS) is 28.8. The Morgan fingerprint density at radius 3 is 2.59 bits per heavy atom. The highest BCUT2D eigenvalue weighted by Crippen LogP contribution is 2.57. The van der Waals surface area contributed by atoms with Crippen LogP contribution in [0, 0.1) is 10.8 Å². The SMILES string of the molecule is CCN1CC[C@@]2(CN(CCOC)CC23CCN(Cc2ccsc2)CC3)C1=O. The molecule has 27 heavy (non-hydrogen) atoms. The van der Waals surface area contributed by atoms with Crippen molar-refractivity contribution in [3.8, 4) is 0 Å². The Labute approximate surface area is 167 Å². The van der Waals surface area contributed by atoms with E-state index in [0.29, 0.717) is 5.91 Å². The first kappa shape index (κ1) is 19.4. The lowest BCUT2D eigenvalue weighted by atomic mass is 9.60. The monoisotopic (exact) mass is 391 g/mol. The lowest BCUT2D eigenvalue weighted by Crippen LogP contribution is -2.52. The van der Waals surface area contributed by atoms with E-state index >= 15 is 0 Å². The van der Waals surface area contributed by atoms with Gasteiger partial charge in [-0.25, -0.2) is 0 Å². The zero-order chi connectivity index (χ0) is 18.9. The van der Waals surface area contributed by atoms with Crippen LogP contribution in [0.25, 0.3) is 0 Å². The van der Waals surface area contributed by atoms with Crippen molar-refractivity contribution in [2.45, 2.75) is 32.7 Å². The molecule has 3 aliphatic rings. The molecular weight excluding hydrogens is 358 g/mol. The van der Waals surface area contributed by atoms with Gasteiger partial charge in [-0.2, -0.15) is 11.3 Å². The Morgan fingerprint density at radius 2 is 1.96 bits per heavy atom. The topological polar surface area (TPSA) is 36.0 Å². The van der Waals surface area contributed by atoms with E-state index in [4.69, 9.17) is 4.74 Å². The summed E-state index contributed by atoms with van der Waals surface area (Å²) in [6.45, 7) is 10.8. The molecule has 0 bridgehead atoms. The van der Waals surface area contributed by atoms with Crippen LogP contribution in [0.1, 0.15) is 31.7 Å². The van der Waals surface area contributed by atoms with E-state index in [1.54, 1.807) is 18.4 Å². The molecule has 0 saturated carbocycles. The van der Waals surface area contributed by atoms with Crippen LogP contribution in [-0.2, 0) is 16.1 Å². The highest BCUT2D eigenvalue weighted by Gasteiger charge is 2.64. The fourth-order valence-electron chi connectivity index (χ4n) is 5.76. The second kappa shape index (κ2) is 7.82. The average molecular weight is 392 g/mol. The zero-order valence-electron chi connectivity index (χ0n) is 16.8. The number of rotatable bonds is 6. The van der Waals surface area contributed by atoms with Crippen LogP contribution in [0.3, 0.4) is 0 Å². The predicted molar refractivity (Wildman–Crippen MR) is 109 cm³/mol. The van der Waals surface area contributed by atoms with Gasteiger partial charge in [-0.05, 0) is 61.7 Å². The molecule has 2 spiro atoms. The summed E-state index contributed by atoms with van der Waals surface area (Å²) >= 11 is 1.78. The summed E-state index contributed by atoms with van der Waals surface area (Å²) < 4.78 is 5.33. The molecule has 3 fully saturated rings. The number of nitrogens with zero attached hydrogens (tertiary/aromatic N) is 3. The lowest BCUT2D eigenvalue weighted by molar-refractivity contribution is -0.142. The van der Waals surface area contributed by atoms with Gasteiger partial charge in [-0.15, -0.1) is 0 Å². The number of fused-ring (bicyclic) bond motifs is 1. The standard InChI is InChI=1S/C21H33N3O2S/c1-3-24-10-7-21(19(24)25)17-23(11-12-26-2)16-20(21)5-8-22(9-6-20)14-18-4-13-27-15-18/h4,13,15H,3,5-12,14,16-17H2,1-2H3/t21-/m1/s1. The minimum Gasteiger partial charge on any atom is -0.383 e. The molecule has 3 saturated heterocycles. The van der Waals surface area contributed by atoms with Gasteiger partial charge < -0.3 is 9.64 Å². The quantitative estimate of drug-likeness (QED) is 0.747. The van der Waals surface area contributed by atoms with Crippen molar-refractivity contribution < 1.29 is 9.53 Å². The van der Waals surface area contributed by atoms with Gasteiger partial charge >= 0.3 is 0 Å². The number of carbonyl (C=O) groups is 1. The fraction of sp³-hybridized carbons (Fsp3) is 0.762. The largest absolute Gasteiger partial charge is 0.383 e. The molecule has 1 aromatic heterocycles. The van der Waals surface area contributed by atoms with Gasteiger partial charge in [0.15, 0.2) is 0 Å². The van der Waals surface area contributed by atoms with E-state index in [1.807, 2.05) is 0 Å². The predicted octanol–water partition coefficient (Wildman–Crippen LogP) is 2.53. The number of ether oxygens (including phenoxy) is 1. The van der Waals surface area contributed by atoms with E-state index < -0.39 is 0 Å². The third-order valence-electron chi connectivity index (χ3n) is 7.33. The molecule has 4 rings (SSSR count). The van der Waals surface area contributed by atoms with Crippen molar-refractivity contribution in [3.05, 3.63) is 22.4 Å². The first-order valence-electron chi connectivity index (χ1n) is 10.4. The van der Waals surface area contributed by atoms with Gasteiger partial charge in [0.1, 0.15) is 0 Å². The maximum Gasteiger partial charge on any atom is 0.230 e. The Kier molecular flexibility index (Phi) is 5.61. The molecule has 1 atom stereocenters. The maximum atomic E-state index is 13.4. The summed E-state index contributed by atoms with van der Waals surface area (Å²) in [6.07, 6.45) is 3.32. The number of methoxy groups -OCH3 is 1. The van der Waals surface area contributed by atoms with E-state index in [9.17, 15) is 4.79 Å². The van der Waals surface area contributed by atoms with Gasteiger partial charge in [0, 0.05) is 51.8 Å². The van der Waals surface area contributed by atoms with Crippen molar-refractivity contribution >= 4 is 17.2 Å². The van der Waals surface area contributed by atoms with Crippen LogP contribution in [0.5, 0.6) is 0 Å². The molecule has 0 radical (unpaired) electrons. The molecule has 6 heteroatoms. The van der Waals surface area contributed by atoms with Gasteiger partial charge in [-0.3, -0.25) is 14.6 Å². The Hall–Kier alpha value is -0.950. The number of likely N-dealkylation sites (tertiary alicyclic amines) is 3. The van der Waals surface area contributed by atoms with E-state index in [1.165, 1.54) is 5.56 Å². The molecule has 4 heterocycles. The number of hydrogen-bond acceptors (Lipinski definition) is 5. The van der Waals surface area contributed by atoms with Crippen LogP contribution < -0.4 is 0 Å². The molecule has 150 valence electrons. The molecule has 0 aliphatic carbocycles. The molecule has 0 N–H and O–H groups in total. The van der Waals surface area contributed by atoms with Gasteiger partial charge in [0.05, 0.1) is 12.0 Å². The average Bonchev–Trinajstić information content (AvgIpc) is 3.37. The number of hydrogen-bond donors (Lipinski definition) is 0. The van der Waals surface area contributed by atoms with E-state index in [-0.39, 0.29) is 10.8 Å². The van der Waals surface area contributed by atoms with Crippen molar-refractivity contribution in [2.75, 3.05) is 59.5 Å². The Morgan fingerprint density at radius 1 is 1.15 bits per heavy atom. The number of piperidine rings is 1. The van der Waals surface area contributed by atoms with E-state index in [0.717, 1.165) is 78.2 Å². The number of thiophene rings is 1. The zero-order valence-corrected chi connectivity index (χ0v) is 17.6. The first-order valence-corrected chi connectivity index (χ1v) is 11.3. The summed E-state index contributed by atoms with van der Waals surface area (Å²) in [5, 5.41) is 4.42. The minimum atomic E-state index is -0.161. The Bertz CT molecular complexity index is 642. The summed E-state index contributed by atoms with van der Waals surface area (Å²) in [4.78, 5) is 20.6. The van der Waals surface area contributed by atoms with Crippen LogP contribution in [0.2, 0.25) is 0 Å². The number of amides is 1. The minimum absolute atomic E-state index is 0.146. The lowest BCUT2D eigenvalue weighted by Gasteiger charge is -2.47. The van der Waals surface area contributed by atoms with Crippen molar-refractivity contribution in [2.24, 2.45) is 10.8 Å². The summed E-state index contributed by atoms with van der Waals surface area (Å²) in [6, 6.07) is 2.23.